The lowest BCUT2D eigenvalue weighted by molar-refractivity contribution is -0.149. The Morgan fingerprint density at radius 3 is 2.38 bits per heavy atom. The van der Waals surface area contributed by atoms with E-state index in [9.17, 15) is 23.2 Å². The number of benzene rings is 1. The molecule has 0 spiro atoms. The molecule has 1 aromatic carbocycles. The molecule has 1 atom stereocenters. The molecule has 1 N–H and O–H groups in total. The summed E-state index contributed by atoms with van der Waals surface area (Å²) in [6, 6.07) is 1.01. The van der Waals surface area contributed by atoms with E-state index in [4.69, 9.17) is 0 Å². The molecule has 0 unspecified atom stereocenters. The van der Waals surface area contributed by atoms with Crippen LogP contribution in [0.2, 0.25) is 0 Å². The third-order valence-electron chi connectivity index (χ3n) is 2.57. The minimum atomic E-state index is -1.33. The van der Waals surface area contributed by atoms with Crippen molar-refractivity contribution < 1.29 is 32.6 Å². The molecule has 1 rings (SSSR count). The number of methoxy groups -OCH3 is 2. The van der Waals surface area contributed by atoms with Gasteiger partial charge in [0.25, 0.3) is 5.91 Å². The highest BCUT2D eigenvalue weighted by Crippen LogP contribution is 2.10. The van der Waals surface area contributed by atoms with Crippen molar-refractivity contribution in [3.05, 3.63) is 35.4 Å². The highest BCUT2D eigenvalue weighted by atomic mass is 19.1. The number of hydrogen-bond donors (Lipinski definition) is 1. The Morgan fingerprint density at radius 1 is 1.19 bits per heavy atom. The number of halogens is 2. The molecule has 0 fully saturated rings. The largest absolute Gasteiger partial charge is 0.469 e. The summed E-state index contributed by atoms with van der Waals surface area (Å²) < 4.78 is 35.0. The van der Waals surface area contributed by atoms with Crippen molar-refractivity contribution in [3.63, 3.8) is 0 Å². The lowest BCUT2D eigenvalue weighted by Gasteiger charge is -2.15. The smallest absolute Gasteiger partial charge is 0.328 e. The number of hydrogen-bond acceptors (Lipinski definition) is 5. The van der Waals surface area contributed by atoms with E-state index >= 15 is 0 Å². The minimum Gasteiger partial charge on any atom is -0.469 e. The third-order valence-corrected chi connectivity index (χ3v) is 2.57. The van der Waals surface area contributed by atoms with Crippen molar-refractivity contribution in [3.8, 4) is 0 Å². The summed E-state index contributed by atoms with van der Waals surface area (Å²) in [6.45, 7) is 0. The van der Waals surface area contributed by atoms with E-state index < -0.39 is 47.5 Å². The molecule has 0 saturated carbocycles. The zero-order valence-electron chi connectivity index (χ0n) is 11.3. The Bertz CT molecular complexity index is 561. The first-order valence-electron chi connectivity index (χ1n) is 5.79. The van der Waals surface area contributed by atoms with Crippen molar-refractivity contribution in [2.45, 2.75) is 12.5 Å². The zero-order valence-corrected chi connectivity index (χ0v) is 11.3. The molecule has 0 radical (unpaired) electrons. The van der Waals surface area contributed by atoms with Gasteiger partial charge < -0.3 is 14.8 Å². The Balaban J connectivity index is 2.89. The summed E-state index contributed by atoms with van der Waals surface area (Å²) in [7, 11) is 2.18. The van der Waals surface area contributed by atoms with E-state index in [1.807, 2.05) is 0 Å². The SMILES string of the molecule is COC(=O)C[C@H](NC(=O)c1ccc(F)cc1F)C(=O)OC. The van der Waals surface area contributed by atoms with Gasteiger partial charge in [-0.2, -0.15) is 0 Å². The van der Waals surface area contributed by atoms with Gasteiger partial charge in [-0.15, -0.1) is 0 Å². The first-order valence-corrected chi connectivity index (χ1v) is 5.79. The van der Waals surface area contributed by atoms with Crippen LogP contribution in [0.4, 0.5) is 8.78 Å². The summed E-state index contributed by atoms with van der Waals surface area (Å²) in [6.07, 6.45) is -0.474. The van der Waals surface area contributed by atoms with Crippen LogP contribution in [0.15, 0.2) is 18.2 Å². The first-order chi connectivity index (χ1) is 9.88. The van der Waals surface area contributed by atoms with Crippen molar-refractivity contribution >= 4 is 17.8 Å². The average molecular weight is 301 g/mol. The Labute approximate surface area is 119 Å². The molecule has 0 bridgehead atoms. The highest BCUT2D eigenvalue weighted by molar-refractivity contribution is 5.97. The third kappa shape index (κ3) is 4.51. The van der Waals surface area contributed by atoms with Crippen LogP contribution >= 0.6 is 0 Å². The van der Waals surface area contributed by atoms with Gasteiger partial charge in [0, 0.05) is 6.07 Å². The van der Waals surface area contributed by atoms with Gasteiger partial charge in [0.1, 0.15) is 17.7 Å². The molecule has 0 heterocycles. The normalized spacial score (nSPS) is 11.4. The fraction of sp³-hybridized carbons (Fsp3) is 0.308. The molecule has 0 aliphatic rings. The Morgan fingerprint density at radius 2 is 1.86 bits per heavy atom. The molecule has 1 amide bonds. The predicted molar refractivity (Wildman–Crippen MR) is 66.3 cm³/mol. The van der Waals surface area contributed by atoms with E-state index in [2.05, 4.69) is 14.8 Å². The molecule has 0 aliphatic heterocycles. The predicted octanol–water partition coefficient (Wildman–Crippen LogP) is 0.799. The maximum atomic E-state index is 13.5. The van der Waals surface area contributed by atoms with Crippen molar-refractivity contribution in [2.24, 2.45) is 0 Å². The quantitative estimate of drug-likeness (QED) is 0.814. The van der Waals surface area contributed by atoms with Gasteiger partial charge >= 0.3 is 11.9 Å². The summed E-state index contributed by atoms with van der Waals surface area (Å²) in [5.74, 6) is -4.56. The average Bonchev–Trinajstić information content (AvgIpc) is 2.45. The van der Waals surface area contributed by atoms with Gasteiger partial charge in [-0.05, 0) is 12.1 Å². The maximum absolute atomic E-state index is 13.5. The van der Waals surface area contributed by atoms with E-state index in [1.165, 1.54) is 0 Å². The van der Waals surface area contributed by atoms with Crippen LogP contribution in [0.5, 0.6) is 0 Å². The topological polar surface area (TPSA) is 81.7 Å². The van der Waals surface area contributed by atoms with Gasteiger partial charge in [0.15, 0.2) is 0 Å². The first kappa shape index (κ1) is 16.5. The monoisotopic (exact) mass is 301 g/mol. The molecule has 0 aliphatic carbocycles. The molecular weight excluding hydrogens is 288 g/mol. The van der Waals surface area contributed by atoms with E-state index in [0.717, 1.165) is 26.4 Å². The highest BCUT2D eigenvalue weighted by Gasteiger charge is 2.26. The lowest BCUT2D eigenvalue weighted by atomic mass is 10.1. The second-order valence-corrected chi connectivity index (χ2v) is 3.95. The van der Waals surface area contributed by atoms with Crippen LogP contribution in [0.25, 0.3) is 0 Å². The molecule has 21 heavy (non-hydrogen) atoms. The number of nitrogens with one attached hydrogen (secondary N) is 1. The summed E-state index contributed by atoms with van der Waals surface area (Å²) >= 11 is 0. The number of carbonyl (C=O) groups excluding carboxylic acids is 3. The van der Waals surface area contributed by atoms with Gasteiger partial charge in [-0.3, -0.25) is 9.59 Å². The van der Waals surface area contributed by atoms with Gasteiger partial charge in [0.2, 0.25) is 0 Å². The Kier molecular flexibility index (Phi) is 5.77. The molecule has 6 nitrogen and oxygen atoms in total. The van der Waals surface area contributed by atoms with Crippen LogP contribution < -0.4 is 5.32 Å². The number of ether oxygens (including phenoxy) is 2. The molecule has 114 valence electrons. The molecule has 0 aromatic heterocycles. The fourth-order valence-electron chi connectivity index (χ4n) is 1.50. The van der Waals surface area contributed by atoms with Crippen LogP contribution in [-0.4, -0.2) is 38.1 Å². The van der Waals surface area contributed by atoms with Gasteiger partial charge in [-0.1, -0.05) is 0 Å². The van der Waals surface area contributed by atoms with Crippen molar-refractivity contribution in [1.29, 1.82) is 0 Å². The van der Waals surface area contributed by atoms with Crippen LogP contribution in [-0.2, 0) is 19.1 Å². The van der Waals surface area contributed by atoms with Gasteiger partial charge in [-0.25, -0.2) is 13.6 Å². The van der Waals surface area contributed by atoms with Gasteiger partial charge in [0.05, 0.1) is 26.2 Å². The summed E-state index contributed by atoms with van der Waals surface area (Å²) in [5, 5.41) is 2.13. The van der Waals surface area contributed by atoms with E-state index in [0.29, 0.717) is 6.07 Å². The van der Waals surface area contributed by atoms with E-state index in [-0.39, 0.29) is 0 Å². The lowest BCUT2D eigenvalue weighted by Crippen LogP contribution is -2.43. The fourth-order valence-corrected chi connectivity index (χ4v) is 1.50. The number of rotatable bonds is 5. The summed E-state index contributed by atoms with van der Waals surface area (Å²) in [4.78, 5) is 34.5. The van der Waals surface area contributed by atoms with Crippen LogP contribution in [0.3, 0.4) is 0 Å². The van der Waals surface area contributed by atoms with Crippen molar-refractivity contribution in [1.82, 2.24) is 5.32 Å². The number of amides is 1. The molecule has 0 saturated heterocycles. The molecular formula is C13H13F2NO5. The Hall–Kier alpha value is -2.51. The zero-order chi connectivity index (χ0) is 16.0. The maximum Gasteiger partial charge on any atom is 0.328 e. The van der Waals surface area contributed by atoms with E-state index in [1.54, 1.807) is 0 Å². The second kappa shape index (κ2) is 7.32. The summed E-state index contributed by atoms with van der Waals surface area (Å²) in [5.41, 5.74) is -0.463. The molecule has 8 heteroatoms. The van der Waals surface area contributed by atoms with Crippen LogP contribution in [0, 0.1) is 11.6 Å². The number of esters is 2. The molecule has 1 aromatic rings. The minimum absolute atomic E-state index is 0.463. The second-order valence-electron chi connectivity index (χ2n) is 3.95. The van der Waals surface area contributed by atoms with Crippen LogP contribution in [0.1, 0.15) is 16.8 Å². The van der Waals surface area contributed by atoms with Crippen molar-refractivity contribution in [2.75, 3.05) is 14.2 Å². The number of carbonyl (C=O) groups is 3. The standard InChI is InChI=1S/C13H13F2NO5/c1-20-11(17)6-10(13(19)21-2)16-12(18)8-4-3-7(14)5-9(8)15/h3-5,10H,6H2,1-2H3,(H,16,18)/t10-/m0/s1.